The second-order valence-corrected chi connectivity index (χ2v) is 4.32. The summed E-state index contributed by atoms with van der Waals surface area (Å²) < 4.78 is 0. The molecule has 0 saturated heterocycles. The maximum atomic E-state index is 11.4. The zero-order valence-electron chi connectivity index (χ0n) is 8.55. The average Bonchev–Trinajstić information content (AvgIpc) is 2.15. The molecule has 0 fully saturated rings. The minimum atomic E-state index is -0.0674. The summed E-state index contributed by atoms with van der Waals surface area (Å²) in [6.07, 6.45) is 0. The fourth-order valence-corrected chi connectivity index (χ4v) is 2.17. The number of nitrogens with one attached hydrogen (secondary N) is 1. The Morgan fingerprint density at radius 3 is 2.31 bits per heavy atom. The number of aryl methyl sites for hydroxylation is 1. The van der Waals surface area contributed by atoms with Gasteiger partial charge in [-0.2, -0.15) is 0 Å². The van der Waals surface area contributed by atoms with Crippen molar-refractivity contribution in [1.82, 2.24) is 4.98 Å². The summed E-state index contributed by atoms with van der Waals surface area (Å²) in [6, 6.07) is 8.25. The van der Waals surface area contributed by atoms with E-state index in [0.29, 0.717) is 21.3 Å². The van der Waals surface area contributed by atoms with Crippen LogP contribution < -0.4 is 5.43 Å². The van der Waals surface area contributed by atoms with Gasteiger partial charge in [0.15, 0.2) is 5.43 Å². The normalized spacial score (nSPS) is 10.4. The van der Waals surface area contributed by atoms with E-state index in [4.69, 9.17) is 23.2 Å². The SMILES string of the molecule is Cc1cc(=O)cc(-c2c(Cl)cccc2Cl)[nH]1. The van der Waals surface area contributed by atoms with Gasteiger partial charge in [0.05, 0.1) is 15.7 Å². The molecule has 4 heteroatoms. The molecule has 0 spiro atoms. The van der Waals surface area contributed by atoms with Gasteiger partial charge in [-0.25, -0.2) is 0 Å². The molecule has 2 aromatic rings. The number of aromatic amines is 1. The van der Waals surface area contributed by atoms with Gasteiger partial charge < -0.3 is 4.98 Å². The summed E-state index contributed by atoms with van der Waals surface area (Å²) in [5, 5.41) is 1.04. The van der Waals surface area contributed by atoms with E-state index in [1.807, 2.05) is 6.92 Å². The lowest BCUT2D eigenvalue weighted by atomic mass is 10.1. The number of H-pyrrole nitrogens is 1. The van der Waals surface area contributed by atoms with Crippen molar-refractivity contribution >= 4 is 23.2 Å². The first kappa shape index (κ1) is 11.2. The lowest BCUT2D eigenvalue weighted by Gasteiger charge is -2.07. The third kappa shape index (κ3) is 2.13. The van der Waals surface area contributed by atoms with Crippen LogP contribution in [0.15, 0.2) is 35.1 Å². The monoisotopic (exact) mass is 253 g/mol. The predicted octanol–water partition coefficient (Wildman–Crippen LogP) is 3.66. The van der Waals surface area contributed by atoms with Crippen LogP contribution in [-0.4, -0.2) is 4.98 Å². The highest BCUT2D eigenvalue weighted by Gasteiger charge is 2.09. The molecule has 16 heavy (non-hydrogen) atoms. The van der Waals surface area contributed by atoms with Crippen LogP contribution in [-0.2, 0) is 0 Å². The fraction of sp³-hybridized carbons (Fsp3) is 0.0833. The van der Waals surface area contributed by atoms with Crippen LogP contribution in [0.5, 0.6) is 0 Å². The molecule has 0 aliphatic carbocycles. The van der Waals surface area contributed by atoms with E-state index in [-0.39, 0.29) is 5.43 Å². The second-order valence-electron chi connectivity index (χ2n) is 3.51. The van der Waals surface area contributed by atoms with Crippen LogP contribution in [0.25, 0.3) is 11.3 Å². The molecule has 0 aliphatic rings. The third-order valence-electron chi connectivity index (χ3n) is 2.21. The first-order valence-corrected chi connectivity index (χ1v) is 5.49. The largest absolute Gasteiger partial charge is 0.358 e. The molecular formula is C12H9Cl2NO. The van der Waals surface area contributed by atoms with Crippen molar-refractivity contribution in [3.8, 4) is 11.3 Å². The summed E-state index contributed by atoms with van der Waals surface area (Å²) in [4.78, 5) is 14.5. The Bertz CT molecular complexity index is 570. The van der Waals surface area contributed by atoms with Crippen LogP contribution in [0.2, 0.25) is 10.0 Å². The lowest BCUT2D eigenvalue weighted by Crippen LogP contribution is -2.02. The van der Waals surface area contributed by atoms with E-state index < -0.39 is 0 Å². The summed E-state index contributed by atoms with van der Waals surface area (Å²) in [5.74, 6) is 0. The molecule has 1 aromatic heterocycles. The molecule has 82 valence electrons. The summed E-state index contributed by atoms with van der Waals surface area (Å²) in [5.41, 5.74) is 2.01. The van der Waals surface area contributed by atoms with Crippen molar-refractivity contribution in [1.29, 1.82) is 0 Å². The molecule has 0 aliphatic heterocycles. The fourth-order valence-electron chi connectivity index (χ4n) is 1.57. The molecule has 0 amide bonds. The van der Waals surface area contributed by atoms with Crippen molar-refractivity contribution in [3.05, 3.63) is 56.3 Å². The van der Waals surface area contributed by atoms with E-state index in [2.05, 4.69) is 4.98 Å². The van der Waals surface area contributed by atoms with E-state index in [1.54, 1.807) is 18.2 Å². The van der Waals surface area contributed by atoms with Gasteiger partial charge in [-0.3, -0.25) is 4.79 Å². The van der Waals surface area contributed by atoms with Gasteiger partial charge in [-0.15, -0.1) is 0 Å². The van der Waals surface area contributed by atoms with E-state index in [1.165, 1.54) is 12.1 Å². The third-order valence-corrected chi connectivity index (χ3v) is 2.84. The van der Waals surface area contributed by atoms with Crippen molar-refractivity contribution in [2.24, 2.45) is 0 Å². The molecule has 0 saturated carbocycles. The molecule has 1 aromatic carbocycles. The lowest BCUT2D eigenvalue weighted by molar-refractivity contribution is 1.19. The number of benzene rings is 1. The quantitative estimate of drug-likeness (QED) is 0.827. The number of hydrogen-bond acceptors (Lipinski definition) is 1. The first-order valence-electron chi connectivity index (χ1n) is 4.73. The number of hydrogen-bond donors (Lipinski definition) is 1. The van der Waals surface area contributed by atoms with Gasteiger partial charge >= 0.3 is 0 Å². The maximum absolute atomic E-state index is 11.4. The summed E-state index contributed by atoms with van der Waals surface area (Å²) in [7, 11) is 0. The molecule has 0 unspecified atom stereocenters. The van der Waals surface area contributed by atoms with Crippen LogP contribution in [0.1, 0.15) is 5.69 Å². The van der Waals surface area contributed by atoms with Crippen molar-refractivity contribution in [3.63, 3.8) is 0 Å². The van der Waals surface area contributed by atoms with Crippen LogP contribution in [0.4, 0.5) is 0 Å². The van der Waals surface area contributed by atoms with E-state index in [9.17, 15) is 4.79 Å². The molecule has 1 N–H and O–H groups in total. The van der Waals surface area contributed by atoms with Gasteiger partial charge in [-0.05, 0) is 19.1 Å². The molecule has 2 rings (SSSR count). The van der Waals surface area contributed by atoms with Gasteiger partial charge in [-0.1, -0.05) is 29.3 Å². The molecule has 1 heterocycles. The number of halogens is 2. The first-order chi connectivity index (χ1) is 7.58. The minimum Gasteiger partial charge on any atom is -0.358 e. The Labute approximate surface area is 103 Å². The average molecular weight is 254 g/mol. The van der Waals surface area contributed by atoms with Crippen LogP contribution in [0, 0.1) is 6.92 Å². The molecule has 0 bridgehead atoms. The highest BCUT2D eigenvalue weighted by Crippen LogP contribution is 2.32. The Morgan fingerprint density at radius 1 is 1.12 bits per heavy atom. The zero-order chi connectivity index (χ0) is 11.7. The maximum Gasteiger partial charge on any atom is 0.182 e. The van der Waals surface area contributed by atoms with Crippen LogP contribution >= 0.6 is 23.2 Å². The molecule has 0 atom stereocenters. The highest BCUT2D eigenvalue weighted by atomic mass is 35.5. The Balaban J connectivity index is 2.72. The molecule has 2 nitrogen and oxygen atoms in total. The smallest absolute Gasteiger partial charge is 0.182 e. The summed E-state index contributed by atoms with van der Waals surface area (Å²) >= 11 is 12.1. The van der Waals surface area contributed by atoms with E-state index >= 15 is 0 Å². The standard InChI is InChI=1S/C12H9Cl2NO/c1-7-5-8(16)6-11(15-7)12-9(13)3-2-4-10(12)14/h2-6H,1H3,(H,15,16). The molecular weight excluding hydrogens is 245 g/mol. The molecule has 0 radical (unpaired) electrons. The van der Waals surface area contributed by atoms with Gasteiger partial charge in [0, 0.05) is 23.4 Å². The van der Waals surface area contributed by atoms with Crippen molar-refractivity contribution < 1.29 is 0 Å². The highest BCUT2D eigenvalue weighted by molar-refractivity contribution is 6.39. The minimum absolute atomic E-state index is 0.0674. The topological polar surface area (TPSA) is 32.9 Å². The Hall–Kier alpha value is -1.25. The van der Waals surface area contributed by atoms with Gasteiger partial charge in [0.25, 0.3) is 0 Å². The zero-order valence-corrected chi connectivity index (χ0v) is 10.1. The Morgan fingerprint density at radius 2 is 1.75 bits per heavy atom. The van der Waals surface area contributed by atoms with Crippen LogP contribution in [0.3, 0.4) is 0 Å². The number of rotatable bonds is 1. The number of aromatic nitrogens is 1. The summed E-state index contributed by atoms with van der Waals surface area (Å²) in [6.45, 7) is 1.82. The van der Waals surface area contributed by atoms with Crippen molar-refractivity contribution in [2.45, 2.75) is 6.92 Å². The number of pyridine rings is 1. The van der Waals surface area contributed by atoms with Gasteiger partial charge in [0.2, 0.25) is 0 Å². The Kier molecular flexibility index (Phi) is 3.03. The van der Waals surface area contributed by atoms with E-state index in [0.717, 1.165) is 5.69 Å². The van der Waals surface area contributed by atoms with Gasteiger partial charge in [0.1, 0.15) is 0 Å². The second kappa shape index (κ2) is 4.32. The van der Waals surface area contributed by atoms with Crippen molar-refractivity contribution in [2.75, 3.05) is 0 Å². The predicted molar refractivity (Wildman–Crippen MR) is 67.3 cm³/mol.